The van der Waals surface area contributed by atoms with Gasteiger partial charge < -0.3 is 15.5 Å². The Morgan fingerprint density at radius 3 is 2.92 bits per heavy atom. The monoisotopic (exact) mass is 372 g/mol. The maximum atomic E-state index is 12.7. The Kier molecular flexibility index (Phi) is 4.70. The Hall–Kier alpha value is -1.96. The van der Waals surface area contributed by atoms with Crippen molar-refractivity contribution in [2.75, 3.05) is 32.0 Å². The number of fused-ring (bicyclic) bond motifs is 1. The summed E-state index contributed by atoms with van der Waals surface area (Å²) in [4.78, 5) is 21.0. The van der Waals surface area contributed by atoms with E-state index in [1.165, 1.54) is 11.3 Å². The van der Waals surface area contributed by atoms with Gasteiger partial charge in [-0.3, -0.25) is 4.79 Å². The first-order valence-corrected chi connectivity index (χ1v) is 10.0. The van der Waals surface area contributed by atoms with Gasteiger partial charge in [-0.25, -0.2) is 4.98 Å². The summed E-state index contributed by atoms with van der Waals surface area (Å²) in [5.41, 5.74) is 1.02. The molecule has 1 aliphatic rings. The van der Waals surface area contributed by atoms with Gasteiger partial charge in [-0.15, -0.1) is 11.3 Å². The number of hydrogen-bond acceptors (Lipinski definition) is 6. The van der Waals surface area contributed by atoms with E-state index in [4.69, 9.17) is 0 Å². The molecule has 0 radical (unpaired) electrons. The van der Waals surface area contributed by atoms with E-state index in [-0.39, 0.29) is 5.91 Å². The fourth-order valence-corrected chi connectivity index (χ4v) is 5.27. The summed E-state index contributed by atoms with van der Waals surface area (Å²) in [5, 5.41) is 7.38. The Morgan fingerprint density at radius 2 is 2.16 bits per heavy atom. The number of thiazole rings is 1. The summed E-state index contributed by atoms with van der Waals surface area (Å²) in [6.45, 7) is 2.67. The molecule has 2 aromatic heterocycles. The van der Waals surface area contributed by atoms with Crippen molar-refractivity contribution in [3.8, 4) is 0 Å². The number of hydrogen-bond donors (Lipinski definition) is 2. The summed E-state index contributed by atoms with van der Waals surface area (Å²) in [6.07, 6.45) is 1.08. The smallest absolute Gasteiger partial charge is 0.264 e. The number of carbonyl (C=O) groups is 1. The Bertz CT molecular complexity index is 842. The van der Waals surface area contributed by atoms with Crippen molar-refractivity contribution >= 4 is 48.9 Å². The van der Waals surface area contributed by atoms with Gasteiger partial charge in [0.15, 0.2) is 5.13 Å². The number of nitrogens with zero attached hydrogens (tertiary/aromatic N) is 2. The molecule has 2 N–H and O–H groups in total. The van der Waals surface area contributed by atoms with Crippen molar-refractivity contribution in [1.29, 1.82) is 0 Å². The van der Waals surface area contributed by atoms with E-state index in [9.17, 15) is 4.79 Å². The van der Waals surface area contributed by atoms with Gasteiger partial charge in [-0.1, -0.05) is 29.5 Å². The number of amides is 1. The third-order valence-corrected chi connectivity index (χ3v) is 6.45. The summed E-state index contributed by atoms with van der Waals surface area (Å²) in [7, 11) is 1.96. The maximum Gasteiger partial charge on any atom is 0.264 e. The Labute approximate surface area is 154 Å². The van der Waals surface area contributed by atoms with Gasteiger partial charge >= 0.3 is 0 Å². The minimum absolute atomic E-state index is 0.145. The maximum absolute atomic E-state index is 12.7. The van der Waals surface area contributed by atoms with E-state index in [1.807, 2.05) is 48.3 Å². The zero-order valence-corrected chi connectivity index (χ0v) is 15.6. The van der Waals surface area contributed by atoms with Crippen LogP contribution in [0.5, 0.6) is 0 Å². The fraction of sp³-hybridized carbons (Fsp3) is 0.333. The van der Waals surface area contributed by atoms with E-state index < -0.39 is 0 Å². The lowest BCUT2D eigenvalue weighted by Crippen LogP contribution is -2.29. The van der Waals surface area contributed by atoms with Crippen LogP contribution in [0.3, 0.4) is 0 Å². The second kappa shape index (κ2) is 7.11. The van der Waals surface area contributed by atoms with E-state index in [0.29, 0.717) is 5.92 Å². The topological polar surface area (TPSA) is 57.3 Å². The van der Waals surface area contributed by atoms with Gasteiger partial charge in [0.2, 0.25) is 0 Å². The Morgan fingerprint density at radius 1 is 1.32 bits per heavy atom. The van der Waals surface area contributed by atoms with Crippen LogP contribution in [0.4, 0.5) is 10.8 Å². The van der Waals surface area contributed by atoms with Crippen molar-refractivity contribution < 1.29 is 4.79 Å². The van der Waals surface area contributed by atoms with Gasteiger partial charge in [0.05, 0.1) is 9.58 Å². The van der Waals surface area contributed by atoms with Gasteiger partial charge in [-0.05, 0) is 44.1 Å². The molecular formula is C18H20N4OS2. The largest absolute Gasteiger partial charge is 0.338 e. The summed E-state index contributed by atoms with van der Waals surface area (Å²) < 4.78 is 1.07. The average molecular weight is 373 g/mol. The van der Waals surface area contributed by atoms with Crippen LogP contribution in [0, 0.1) is 5.92 Å². The molecule has 1 saturated heterocycles. The van der Waals surface area contributed by atoms with Gasteiger partial charge in [0.25, 0.3) is 5.91 Å². The lowest BCUT2D eigenvalue weighted by atomic mass is 10.1. The second-order valence-corrected chi connectivity index (χ2v) is 8.31. The molecule has 1 aromatic carbocycles. The second-order valence-electron chi connectivity index (χ2n) is 6.25. The molecule has 1 atom stereocenters. The summed E-state index contributed by atoms with van der Waals surface area (Å²) in [5.74, 6) is 0.709. The molecule has 0 spiro atoms. The van der Waals surface area contributed by atoms with Gasteiger partial charge in [0.1, 0.15) is 4.83 Å². The zero-order chi connectivity index (χ0) is 17.2. The number of nitrogens with one attached hydrogen (secondary N) is 2. The summed E-state index contributed by atoms with van der Waals surface area (Å²) in [6, 6.07) is 12.0. The van der Waals surface area contributed by atoms with E-state index in [1.54, 1.807) is 11.3 Å². The highest BCUT2D eigenvalue weighted by Gasteiger charge is 2.27. The van der Waals surface area contributed by atoms with E-state index >= 15 is 0 Å². The molecule has 4 rings (SSSR count). The lowest BCUT2D eigenvalue weighted by molar-refractivity contribution is 0.0792. The van der Waals surface area contributed by atoms with Crippen molar-refractivity contribution in [3.63, 3.8) is 0 Å². The quantitative estimate of drug-likeness (QED) is 0.716. The number of anilines is 2. The minimum Gasteiger partial charge on any atom is -0.338 e. The third-order valence-electron chi connectivity index (χ3n) is 4.39. The first-order valence-electron chi connectivity index (χ1n) is 8.39. The van der Waals surface area contributed by atoms with Gasteiger partial charge in [-0.2, -0.15) is 0 Å². The number of thiophene rings is 1. The van der Waals surface area contributed by atoms with Crippen molar-refractivity contribution in [2.24, 2.45) is 5.92 Å². The predicted octanol–water partition coefficient (Wildman–Crippen LogP) is 3.78. The molecule has 130 valence electrons. The van der Waals surface area contributed by atoms with Gasteiger partial charge in [0, 0.05) is 18.8 Å². The van der Waals surface area contributed by atoms with Crippen LogP contribution in [0.2, 0.25) is 0 Å². The molecule has 1 unspecified atom stereocenters. The van der Waals surface area contributed by atoms with Crippen LogP contribution in [-0.2, 0) is 0 Å². The lowest BCUT2D eigenvalue weighted by Gasteiger charge is -2.15. The highest BCUT2D eigenvalue weighted by atomic mass is 32.1. The number of carbonyl (C=O) groups excluding carboxylic acids is 1. The Balaban J connectivity index is 1.47. The highest BCUT2D eigenvalue weighted by Crippen LogP contribution is 2.35. The molecule has 5 nitrogen and oxygen atoms in total. The number of benzene rings is 1. The summed E-state index contributed by atoms with van der Waals surface area (Å²) >= 11 is 3.08. The first kappa shape index (κ1) is 16.5. The van der Waals surface area contributed by atoms with Crippen molar-refractivity contribution in [1.82, 2.24) is 15.2 Å². The van der Waals surface area contributed by atoms with Crippen LogP contribution in [0.1, 0.15) is 16.1 Å². The standard InChI is InChI=1S/C18H20N4OS2/c1-19-10-12-7-8-22(11-12)17(23)15-9-14-16(24-15)21-18(25-14)20-13-5-3-2-4-6-13/h2-6,9,12,19H,7-8,10-11H2,1H3,(H,20,21). The van der Waals surface area contributed by atoms with Crippen LogP contribution in [-0.4, -0.2) is 42.5 Å². The average Bonchev–Trinajstić information content (AvgIpc) is 3.30. The van der Waals surface area contributed by atoms with Crippen LogP contribution in [0.15, 0.2) is 36.4 Å². The minimum atomic E-state index is 0.145. The molecule has 0 bridgehead atoms. The molecular weight excluding hydrogens is 352 g/mol. The molecule has 3 heterocycles. The highest BCUT2D eigenvalue weighted by molar-refractivity contribution is 7.29. The number of likely N-dealkylation sites (tertiary alicyclic amines) is 1. The van der Waals surface area contributed by atoms with Crippen LogP contribution in [0.25, 0.3) is 9.53 Å². The van der Waals surface area contributed by atoms with Crippen molar-refractivity contribution in [3.05, 3.63) is 41.3 Å². The van der Waals surface area contributed by atoms with Crippen LogP contribution < -0.4 is 10.6 Å². The molecule has 7 heteroatoms. The first-order chi connectivity index (χ1) is 12.2. The molecule has 3 aromatic rings. The normalized spacial score (nSPS) is 17.3. The molecule has 25 heavy (non-hydrogen) atoms. The van der Waals surface area contributed by atoms with E-state index in [0.717, 1.165) is 51.3 Å². The molecule has 1 aliphatic heterocycles. The molecule has 0 saturated carbocycles. The van der Waals surface area contributed by atoms with Crippen LogP contribution >= 0.6 is 22.7 Å². The predicted molar refractivity (Wildman–Crippen MR) is 105 cm³/mol. The number of rotatable bonds is 5. The fourth-order valence-electron chi connectivity index (χ4n) is 3.17. The van der Waals surface area contributed by atoms with Crippen molar-refractivity contribution in [2.45, 2.75) is 6.42 Å². The number of para-hydroxylation sites is 1. The zero-order valence-electron chi connectivity index (χ0n) is 14.0. The molecule has 1 amide bonds. The number of aromatic nitrogens is 1. The SMILES string of the molecule is CNCC1CCN(C(=O)c2cc3sc(Nc4ccccc4)nc3s2)C1. The molecule has 1 fully saturated rings. The third kappa shape index (κ3) is 3.53. The molecule has 0 aliphatic carbocycles. The van der Waals surface area contributed by atoms with E-state index in [2.05, 4.69) is 15.6 Å².